The molecule has 2 aromatic carbocycles. The fraction of sp³-hybridized carbons (Fsp3) is 0.381. The lowest BCUT2D eigenvalue weighted by molar-refractivity contribution is -0.137. The second kappa shape index (κ2) is 8.40. The molecule has 29 heavy (non-hydrogen) atoms. The molecular formula is C21H21ClF2O4S. The molecule has 0 unspecified atom stereocenters. The molecule has 2 aromatic rings. The third kappa shape index (κ3) is 4.31. The number of aliphatic carboxylic acids is 1. The number of benzene rings is 2. The van der Waals surface area contributed by atoms with E-state index in [9.17, 15) is 22.0 Å². The smallest absolute Gasteiger partial charge is 0.303 e. The Balaban J connectivity index is 2.15. The van der Waals surface area contributed by atoms with Crippen molar-refractivity contribution in [2.45, 2.75) is 48.2 Å². The topological polar surface area (TPSA) is 71.4 Å². The summed E-state index contributed by atoms with van der Waals surface area (Å²) in [4.78, 5) is 11.0. The Morgan fingerprint density at radius 3 is 2.52 bits per heavy atom. The minimum Gasteiger partial charge on any atom is -0.481 e. The highest BCUT2D eigenvalue weighted by molar-refractivity contribution is 7.92. The largest absolute Gasteiger partial charge is 0.481 e. The first-order valence-corrected chi connectivity index (χ1v) is 11.2. The lowest BCUT2D eigenvalue weighted by atomic mass is 9.75. The van der Waals surface area contributed by atoms with Gasteiger partial charge in [-0.3, -0.25) is 4.79 Å². The molecule has 1 N–H and O–H groups in total. The monoisotopic (exact) mass is 442 g/mol. The number of hydrogen-bond acceptors (Lipinski definition) is 3. The van der Waals surface area contributed by atoms with Crippen LogP contribution in [0.3, 0.4) is 0 Å². The molecule has 0 saturated heterocycles. The molecule has 1 aliphatic rings. The van der Waals surface area contributed by atoms with Crippen LogP contribution in [0.2, 0.25) is 5.02 Å². The van der Waals surface area contributed by atoms with Crippen LogP contribution in [0.15, 0.2) is 47.4 Å². The van der Waals surface area contributed by atoms with Crippen LogP contribution < -0.4 is 0 Å². The Hall–Kier alpha value is -1.99. The number of halogens is 3. The molecule has 156 valence electrons. The molecule has 0 heterocycles. The van der Waals surface area contributed by atoms with Crippen molar-refractivity contribution in [3.05, 3.63) is 64.7 Å². The van der Waals surface area contributed by atoms with Crippen molar-refractivity contribution in [1.82, 2.24) is 0 Å². The first kappa shape index (κ1) is 21.7. The van der Waals surface area contributed by atoms with Gasteiger partial charge in [-0.1, -0.05) is 24.4 Å². The number of sulfone groups is 1. The summed E-state index contributed by atoms with van der Waals surface area (Å²) >= 11 is 5.88. The number of carboxylic acid groups (broad SMARTS) is 1. The van der Waals surface area contributed by atoms with Crippen molar-refractivity contribution < 1.29 is 27.1 Å². The maximum Gasteiger partial charge on any atom is 0.303 e. The van der Waals surface area contributed by atoms with Gasteiger partial charge in [0.1, 0.15) is 16.4 Å². The van der Waals surface area contributed by atoms with Crippen LogP contribution in [0.1, 0.15) is 44.1 Å². The van der Waals surface area contributed by atoms with Crippen molar-refractivity contribution in [3.8, 4) is 0 Å². The van der Waals surface area contributed by atoms with E-state index >= 15 is 0 Å². The van der Waals surface area contributed by atoms with Crippen LogP contribution in [0.4, 0.5) is 8.78 Å². The number of carboxylic acids is 1. The summed E-state index contributed by atoms with van der Waals surface area (Å²) in [5.74, 6) is -2.72. The van der Waals surface area contributed by atoms with E-state index in [-0.39, 0.29) is 42.1 Å². The van der Waals surface area contributed by atoms with E-state index in [0.29, 0.717) is 17.9 Å². The molecule has 2 atom stereocenters. The van der Waals surface area contributed by atoms with E-state index in [1.165, 1.54) is 24.3 Å². The summed E-state index contributed by atoms with van der Waals surface area (Å²) in [6.07, 6.45) is 1.44. The zero-order chi connectivity index (χ0) is 21.2. The molecule has 0 bridgehead atoms. The summed E-state index contributed by atoms with van der Waals surface area (Å²) in [5, 5.41) is 9.35. The zero-order valence-electron chi connectivity index (χ0n) is 15.6. The SMILES string of the molecule is O=C(O)CC[C@@H]1CCC[C@](c2cc(F)ccc2F)(S(=O)(=O)c2ccc(Cl)cc2)C1. The molecule has 4 nitrogen and oxygen atoms in total. The number of hydrogen-bond donors (Lipinski definition) is 1. The van der Waals surface area contributed by atoms with Gasteiger partial charge in [0, 0.05) is 17.0 Å². The quantitative estimate of drug-likeness (QED) is 0.655. The van der Waals surface area contributed by atoms with Gasteiger partial charge in [0.25, 0.3) is 0 Å². The number of carbonyl (C=O) groups is 1. The molecule has 0 amide bonds. The summed E-state index contributed by atoms with van der Waals surface area (Å²) in [7, 11) is -4.12. The summed E-state index contributed by atoms with van der Waals surface area (Å²) in [6, 6.07) is 8.43. The van der Waals surface area contributed by atoms with Crippen molar-refractivity contribution in [1.29, 1.82) is 0 Å². The Labute approximate surface area is 173 Å². The Morgan fingerprint density at radius 1 is 1.17 bits per heavy atom. The van der Waals surface area contributed by atoms with Gasteiger partial charge in [-0.05, 0) is 67.6 Å². The van der Waals surface area contributed by atoms with Crippen LogP contribution >= 0.6 is 11.6 Å². The van der Waals surface area contributed by atoms with E-state index in [1.54, 1.807) is 0 Å². The molecule has 0 aromatic heterocycles. The summed E-state index contributed by atoms with van der Waals surface area (Å²) in [6.45, 7) is 0. The van der Waals surface area contributed by atoms with Gasteiger partial charge in [-0.25, -0.2) is 17.2 Å². The highest BCUT2D eigenvalue weighted by Crippen LogP contribution is 2.50. The summed E-state index contributed by atoms with van der Waals surface area (Å²) < 4.78 is 54.6. The van der Waals surface area contributed by atoms with Crippen LogP contribution in [0.25, 0.3) is 0 Å². The lowest BCUT2D eigenvalue weighted by Gasteiger charge is -2.41. The lowest BCUT2D eigenvalue weighted by Crippen LogP contribution is -2.41. The van der Waals surface area contributed by atoms with Crippen LogP contribution in [-0.4, -0.2) is 19.5 Å². The van der Waals surface area contributed by atoms with Gasteiger partial charge < -0.3 is 5.11 Å². The average Bonchev–Trinajstić information content (AvgIpc) is 2.68. The normalized spacial score (nSPS) is 22.4. The first-order valence-electron chi connectivity index (χ1n) is 9.33. The van der Waals surface area contributed by atoms with E-state index in [4.69, 9.17) is 16.7 Å². The molecular weight excluding hydrogens is 422 g/mol. The van der Waals surface area contributed by atoms with Crippen LogP contribution in [-0.2, 0) is 19.4 Å². The van der Waals surface area contributed by atoms with E-state index < -0.39 is 32.2 Å². The van der Waals surface area contributed by atoms with Gasteiger partial charge in [-0.15, -0.1) is 0 Å². The Bertz CT molecular complexity index is 1010. The molecule has 0 aliphatic heterocycles. The molecule has 1 saturated carbocycles. The molecule has 0 radical (unpaired) electrons. The molecule has 0 spiro atoms. The highest BCUT2D eigenvalue weighted by Gasteiger charge is 2.50. The maximum absolute atomic E-state index is 14.8. The van der Waals surface area contributed by atoms with Gasteiger partial charge >= 0.3 is 5.97 Å². The molecule has 3 rings (SSSR count). The van der Waals surface area contributed by atoms with E-state index in [1.807, 2.05) is 0 Å². The van der Waals surface area contributed by atoms with Gasteiger partial charge in [0.15, 0.2) is 9.84 Å². The second-order valence-corrected chi connectivity index (χ2v) is 10.2. The van der Waals surface area contributed by atoms with Gasteiger partial charge in [0.05, 0.1) is 4.90 Å². The van der Waals surface area contributed by atoms with Crippen LogP contribution in [0, 0.1) is 17.6 Å². The van der Waals surface area contributed by atoms with Crippen LogP contribution in [0.5, 0.6) is 0 Å². The van der Waals surface area contributed by atoms with Gasteiger partial charge in [0.2, 0.25) is 0 Å². The second-order valence-electron chi connectivity index (χ2n) is 7.47. The minimum atomic E-state index is -4.12. The average molecular weight is 443 g/mol. The molecule has 1 fully saturated rings. The Morgan fingerprint density at radius 2 is 1.86 bits per heavy atom. The predicted molar refractivity (Wildman–Crippen MR) is 106 cm³/mol. The Kier molecular flexibility index (Phi) is 6.29. The van der Waals surface area contributed by atoms with E-state index in [0.717, 1.165) is 18.2 Å². The standard InChI is InChI=1S/C21H21ClF2O4S/c22-15-4-7-17(8-5-15)29(27,28)21(18-12-16(23)6-9-19(18)24)11-1-2-14(13-21)3-10-20(25)26/h4-9,12,14H,1-3,10-11,13H2,(H,25,26)/t14-,21-/m0/s1. The molecule has 8 heteroatoms. The fourth-order valence-corrected chi connectivity index (χ4v) is 6.63. The first-order chi connectivity index (χ1) is 13.7. The minimum absolute atomic E-state index is 0.0237. The number of rotatable bonds is 6. The van der Waals surface area contributed by atoms with E-state index in [2.05, 4.69) is 0 Å². The third-order valence-electron chi connectivity index (χ3n) is 5.64. The predicted octanol–water partition coefficient (Wildman–Crippen LogP) is 5.34. The van der Waals surface area contributed by atoms with Crippen molar-refractivity contribution in [2.24, 2.45) is 5.92 Å². The van der Waals surface area contributed by atoms with Crippen molar-refractivity contribution >= 4 is 27.4 Å². The van der Waals surface area contributed by atoms with Crippen molar-refractivity contribution in [2.75, 3.05) is 0 Å². The fourth-order valence-electron chi connectivity index (χ4n) is 4.24. The maximum atomic E-state index is 14.8. The summed E-state index contributed by atoms with van der Waals surface area (Å²) in [5.41, 5.74) is -0.201. The zero-order valence-corrected chi connectivity index (χ0v) is 17.1. The highest BCUT2D eigenvalue weighted by atomic mass is 35.5. The van der Waals surface area contributed by atoms with Gasteiger partial charge in [-0.2, -0.15) is 0 Å². The molecule has 1 aliphatic carbocycles. The van der Waals surface area contributed by atoms with Crippen molar-refractivity contribution in [3.63, 3.8) is 0 Å². The third-order valence-corrected chi connectivity index (χ3v) is 8.40.